The number of aromatic amines is 1. The first-order chi connectivity index (χ1) is 10.2. The number of halogens is 1. The molecule has 0 saturated carbocycles. The monoisotopic (exact) mass is 348 g/mol. The molecule has 5 nitrogen and oxygen atoms in total. The van der Waals surface area contributed by atoms with Gasteiger partial charge in [0, 0.05) is 10.7 Å². The molecule has 6 heteroatoms. The SMILES string of the molecule is O=C(c1cc(Br)c[nH]1)N(Cc1ccco1)Cc1ccco1. The minimum absolute atomic E-state index is 0.117. The Morgan fingerprint density at radius 3 is 2.19 bits per heavy atom. The van der Waals surface area contributed by atoms with Crippen LogP contribution in [0.5, 0.6) is 0 Å². The van der Waals surface area contributed by atoms with Gasteiger partial charge in [-0.2, -0.15) is 0 Å². The van der Waals surface area contributed by atoms with Crippen LogP contribution in [0.25, 0.3) is 0 Å². The molecule has 0 saturated heterocycles. The Morgan fingerprint density at radius 1 is 1.14 bits per heavy atom. The summed E-state index contributed by atoms with van der Waals surface area (Å²) in [7, 11) is 0. The molecule has 0 unspecified atom stereocenters. The van der Waals surface area contributed by atoms with E-state index in [1.165, 1.54) is 0 Å². The third-order valence-corrected chi connectivity index (χ3v) is 3.48. The van der Waals surface area contributed by atoms with E-state index in [0.29, 0.717) is 18.8 Å². The van der Waals surface area contributed by atoms with Gasteiger partial charge in [0.15, 0.2) is 0 Å². The van der Waals surface area contributed by atoms with Crippen molar-refractivity contribution in [3.63, 3.8) is 0 Å². The summed E-state index contributed by atoms with van der Waals surface area (Å²) in [6.07, 6.45) is 4.91. The maximum atomic E-state index is 12.6. The quantitative estimate of drug-likeness (QED) is 0.762. The zero-order valence-corrected chi connectivity index (χ0v) is 12.7. The normalized spacial score (nSPS) is 10.7. The number of aromatic nitrogens is 1. The minimum Gasteiger partial charge on any atom is -0.467 e. The molecule has 0 spiro atoms. The largest absolute Gasteiger partial charge is 0.467 e. The van der Waals surface area contributed by atoms with Crippen LogP contribution in [0, 0.1) is 0 Å². The molecule has 3 heterocycles. The molecule has 0 aliphatic rings. The molecule has 1 N–H and O–H groups in total. The average Bonchev–Trinajstić information content (AvgIpc) is 3.19. The van der Waals surface area contributed by atoms with Crippen LogP contribution in [-0.2, 0) is 13.1 Å². The molecule has 0 aliphatic carbocycles. The van der Waals surface area contributed by atoms with Crippen LogP contribution in [0.15, 0.2) is 62.4 Å². The van der Waals surface area contributed by atoms with Crippen LogP contribution in [0.3, 0.4) is 0 Å². The van der Waals surface area contributed by atoms with E-state index in [4.69, 9.17) is 8.83 Å². The van der Waals surface area contributed by atoms with Crippen LogP contribution in [0.4, 0.5) is 0 Å². The second-order valence-corrected chi connectivity index (χ2v) is 5.47. The van der Waals surface area contributed by atoms with Gasteiger partial charge in [0.1, 0.15) is 17.2 Å². The number of amides is 1. The number of H-pyrrole nitrogens is 1. The molecular weight excluding hydrogens is 336 g/mol. The lowest BCUT2D eigenvalue weighted by Gasteiger charge is -2.19. The maximum absolute atomic E-state index is 12.6. The fourth-order valence-electron chi connectivity index (χ4n) is 2.04. The third-order valence-electron chi connectivity index (χ3n) is 3.02. The van der Waals surface area contributed by atoms with E-state index in [-0.39, 0.29) is 5.91 Å². The smallest absolute Gasteiger partial charge is 0.271 e. The number of furan rings is 2. The number of carbonyl (C=O) groups is 1. The maximum Gasteiger partial charge on any atom is 0.271 e. The fourth-order valence-corrected chi connectivity index (χ4v) is 2.39. The molecule has 0 aromatic carbocycles. The highest BCUT2D eigenvalue weighted by atomic mass is 79.9. The van der Waals surface area contributed by atoms with Gasteiger partial charge in [-0.25, -0.2) is 0 Å². The Hall–Kier alpha value is -2.21. The second kappa shape index (κ2) is 6.05. The molecule has 0 atom stereocenters. The van der Waals surface area contributed by atoms with E-state index in [9.17, 15) is 4.79 Å². The highest BCUT2D eigenvalue weighted by molar-refractivity contribution is 9.10. The van der Waals surface area contributed by atoms with E-state index >= 15 is 0 Å². The standard InChI is InChI=1S/C15H13BrN2O3/c16-11-7-14(17-8-11)15(19)18(9-12-3-1-5-20-12)10-13-4-2-6-21-13/h1-8,17H,9-10H2. The summed E-state index contributed by atoms with van der Waals surface area (Å²) in [4.78, 5) is 17.2. The third kappa shape index (κ3) is 3.28. The molecule has 0 aliphatic heterocycles. The topological polar surface area (TPSA) is 62.4 Å². The van der Waals surface area contributed by atoms with E-state index in [0.717, 1.165) is 16.0 Å². The molecule has 3 rings (SSSR count). The lowest BCUT2D eigenvalue weighted by atomic mass is 10.3. The molecule has 1 amide bonds. The van der Waals surface area contributed by atoms with Crippen molar-refractivity contribution in [3.05, 3.63) is 70.7 Å². The minimum atomic E-state index is -0.117. The van der Waals surface area contributed by atoms with Crippen LogP contribution < -0.4 is 0 Å². The number of carbonyl (C=O) groups excluding carboxylic acids is 1. The predicted octanol–water partition coefficient (Wildman–Crippen LogP) is 3.81. The van der Waals surface area contributed by atoms with Gasteiger partial charge in [-0.15, -0.1) is 0 Å². The van der Waals surface area contributed by atoms with E-state index in [1.807, 2.05) is 12.1 Å². The molecule has 108 valence electrons. The van der Waals surface area contributed by atoms with Gasteiger partial charge >= 0.3 is 0 Å². The number of nitrogens with one attached hydrogen (secondary N) is 1. The van der Waals surface area contributed by atoms with E-state index < -0.39 is 0 Å². The zero-order valence-electron chi connectivity index (χ0n) is 11.1. The summed E-state index contributed by atoms with van der Waals surface area (Å²) in [5, 5.41) is 0. The van der Waals surface area contributed by atoms with Crippen molar-refractivity contribution in [2.45, 2.75) is 13.1 Å². The summed E-state index contributed by atoms with van der Waals surface area (Å²) in [6.45, 7) is 0.756. The Balaban J connectivity index is 1.82. The molecule has 0 fully saturated rings. The van der Waals surface area contributed by atoms with Crippen molar-refractivity contribution in [1.29, 1.82) is 0 Å². The summed E-state index contributed by atoms with van der Waals surface area (Å²) in [5.74, 6) is 1.33. The van der Waals surface area contributed by atoms with Crippen molar-refractivity contribution >= 4 is 21.8 Å². The molecule has 3 aromatic rings. The van der Waals surface area contributed by atoms with Gasteiger partial charge in [0.2, 0.25) is 0 Å². The molecular formula is C15H13BrN2O3. The summed E-state index contributed by atoms with van der Waals surface area (Å²) >= 11 is 3.33. The summed E-state index contributed by atoms with van der Waals surface area (Å²) < 4.78 is 11.5. The predicted molar refractivity (Wildman–Crippen MR) is 79.5 cm³/mol. The van der Waals surface area contributed by atoms with Crippen molar-refractivity contribution in [2.24, 2.45) is 0 Å². The van der Waals surface area contributed by atoms with Crippen molar-refractivity contribution in [1.82, 2.24) is 9.88 Å². The Kier molecular flexibility index (Phi) is 3.96. The summed E-state index contributed by atoms with van der Waals surface area (Å²) in [5.41, 5.74) is 0.514. The highest BCUT2D eigenvalue weighted by Crippen LogP contribution is 2.17. The number of rotatable bonds is 5. The summed E-state index contributed by atoms with van der Waals surface area (Å²) in [6, 6.07) is 9.03. The Bertz CT molecular complexity index is 665. The van der Waals surface area contributed by atoms with E-state index in [2.05, 4.69) is 20.9 Å². The zero-order chi connectivity index (χ0) is 14.7. The molecule has 21 heavy (non-hydrogen) atoms. The highest BCUT2D eigenvalue weighted by Gasteiger charge is 2.20. The Labute approximate surface area is 129 Å². The first-order valence-electron chi connectivity index (χ1n) is 6.40. The van der Waals surface area contributed by atoms with Gasteiger partial charge in [-0.05, 0) is 46.3 Å². The molecule has 3 aromatic heterocycles. The van der Waals surface area contributed by atoms with Gasteiger partial charge in [-0.1, -0.05) is 0 Å². The van der Waals surface area contributed by atoms with Crippen molar-refractivity contribution < 1.29 is 13.6 Å². The van der Waals surface area contributed by atoms with Crippen LogP contribution in [0.1, 0.15) is 22.0 Å². The average molecular weight is 349 g/mol. The first kappa shape index (κ1) is 13.8. The lowest BCUT2D eigenvalue weighted by Crippen LogP contribution is -2.30. The van der Waals surface area contributed by atoms with Crippen molar-refractivity contribution in [2.75, 3.05) is 0 Å². The number of hydrogen-bond donors (Lipinski definition) is 1. The second-order valence-electron chi connectivity index (χ2n) is 4.55. The van der Waals surface area contributed by atoms with Gasteiger partial charge in [0.25, 0.3) is 5.91 Å². The van der Waals surface area contributed by atoms with Crippen LogP contribution in [-0.4, -0.2) is 15.8 Å². The first-order valence-corrected chi connectivity index (χ1v) is 7.19. The Morgan fingerprint density at radius 2 is 1.76 bits per heavy atom. The van der Waals surface area contributed by atoms with Gasteiger partial charge in [-0.3, -0.25) is 4.79 Å². The number of nitrogens with zero attached hydrogens (tertiary/aromatic N) is 1. The van der Waals surface area contributed by atoms with Gasteiger partial charge in [0.05, 0.1) is 25.6 Å². The molecule has 0 bridgehead atoms. The molecule has 0 radical (unpaired) electrons. The lowest BCUT2D eigenvalue weighted by molar-refractivity contribution is 0.0699. The van der Waals surface area contributed by atoms with Crippen LogP contribution in [0.2, 0.25) is 0 Å². The van der Waals surface area contributed by atoms with Gasteiger partial charge < -0.3 is 18.7 Å². The van der Waals surface area contributed by atoms with Crippen LogP contribution >= 0.6 is 15.9 Å². The fraction of sp³-hybridized carbons (Fsp3) is 0.133. The van der Waals surface area contributed by atoms with E-state index in [1.54, 1.807) is 41.8 Å². The number of hydrogen-bond acceptors (Lipinski definition) is 3. The van der Waals surface area contributed by atoms with Crippen molar-refractivity contribution in [3.8, 4) is 0 Å².